The zero-order valence-electron chi connectivity index (χ0n) is 9.80. The molecule has 0 radical (unpaired) electrons. The summed E-state index contributed by atoms with van der Waals surface area (Å²) in [5.74, 6) is 0. The number of hydrogen-bond donors (Lipinski definition) is 0. The van der Waals surface area contributed by atoms with Crippen molar-refractivity contribution in [3.05, 3.63) is 24.4 Å². The second-order valence-electron chi connectivity index (χ2n) is 4.06. The second kappa shape index (κ2) is 6.38. The molecule has 1 aromatic rings. The van der Waals surface area contributed by atoms with Gasteiger partial charge in [0.25, 0.3) is 0 Å². The SMILES string of the molecule is C[As](CCN1CCOCC1)c1ccccn1. The molecule has 1 atom stereocenters. The van der Waals surface area contributed by atoms with E-state index < -0.39 is 14.7 Å². The summed E-state index contributed by atoms with van der Waals surface area (Å²) in [6.45, 7) is 5.23. The molecule has 0 bridgehead atoms. The maximum absolute atomic E-state index is 5.35. The van der Waals surface area contributed by atoms with Crippen LogP contribution in [0.3, 0.4) is 0 Å². The van der Waals surface area contributed by atoms with Gasteiger partial charge in [-0.3, -0.25) is 0 Å². The first-order valence-corrected chi connectivity index (χ1v) is 9.93. The minimum absolute atomic E-state index is 0.894. The molecular formula is C12H19AsN2O. The van der Waals surface area contributed by atoms with Gasteiger partial charge in [-0.25, -0.2) is 0 Å². The van der Waals surface area contributed by atoms with Gasteiger partial charge in [0, 0.05) is 0 Å². The van der Waals surface area contributed by atoms with Gasteiger partial charge >= 0.3 is 102 Å². The van der Waals surface area contributed by atoms with E-state index in [0.29, 0.717) is 0 Å². The first kappa shape index (κ1) is 12.1. The van der Waals surface area contributed by atoms with E-state index in [1.807, 2.05) is 12.3 Å². The molecule has 0 spiro atoms. The number of rotatable bonds is 4. The fraction of sp³-hybridized carbons (Fsp3) is 0.583. The summed E-state index contributed by atoms with van der Waals surface area (Å²) in [7, 11) is 0. The van der Waals surface area contributed by atoms with Crippen LogP contribution in [0.5, 0.6) is 0 Å². The Bertz CT molecular complexity index is 301. The van der Waals surface area contributed by atoms with E-state index in [1.54, 1.807) is 0 Å². The van der Waals surface area contributed by atoms with E-state index in [4.69, 9.17) is 4.74 Å². The molecule has 1 saturated heterocycles. The summed E-state index contributed by atoms with van der Waals surface area (Å²) in [6, 6.07) is 6.27. The molecule has 0 saturated carbocycles. The van der Waals surface area contributed by atoms with Gasteiger partial charge in [-0.05, 0) is 0 Å². The van der Waals surface area contributed by atoms with Crippen LogP contribution in [0.2, 0.25) is 10.9 Å². The Labute approximate surface area is 102 Å². The molecule has 88 valence electrons. The van der Waals surface area contributed by atoms with Crippen LogP contribution in [0.1, 0.15) is 0 Å². The molecule has 1 unspecified atom stereocenters. The van der Waals surface area contributed by atoms with Gasteiger partial charge < -0.3 is 0 Å². The molecule has 0 amide bonds. The maximum atomic E-state index is 5.35. The Morgan fingerprint density at radius 3 is 2.88 bits per heavy atom. The van der Waals surface area contributed by atoms with E-state index in [1.165, 1.54) is 16.2 Å². The van der Waals surface area contributed by atoms with Crippen molar-refractivity contribution in [2.24, 2.45) is 0 Å². The molecule has 0 aliphatic carbocycles. The molecule has 0 N–H and O–H groups in total. The van der Waals surface area contributed by atoms with E-state index in [-0.39, 0.29) is 0 Å². The van der Waals surface area contributed by atoms with Crippen molar-refractivity contribution < 1.29 is 4.74 Å². The summed E-state index contributed by atoms with van der Waals surface area (Å²) in [5, 5.41) is 1.32. The molecule has 16 heavy (non-hydrogen) atoms. The van der Waals surface area contributed by atoms with Crippen LogP contribution in [0.25, 0.3) is 0 Å². The van der Waals surface area contributed by atoms with Gasteiger partial charge in [0.1, 0.15) is 0 Å². The van der Waals surface area contributed by atoms with Crippen LogP contribution >= 0.6 is 0 Å². The fourth-order valence-electron chi connectivity index (χ4n) is 1.81. The molecular weight excluding hydrogens is 263 g/mol. The predicted molar refractivity (Wildman–Crippen MR) is 67.6 cm³/mol. The molecule has 4 heteroatoms. The van der Waals surface area contributed by atoms with Crippen molar-refractivity contribution >= 4 is 19.1 Å². The van der Waals surface area contributed by atoms with Gasteiger partial charge in [0.2, 0.25) is 0 Å². The summed E-state index contributed by atoms with van der Waals surface area (Å²) < 4.78 is 6.70. The van der Waals surface area contributed by atoms with Gasteiger partial charge in [0.15, 0.2) is 0 Å². The van der Waals surface area contributed by atoms with Gasteiger partial charge in [0.05, 0.1) is 0 Å². The standard InChI is InChI=1S/C12H19AsN2O/c1-13(12-4-2-3-6-14-12)5-7-15-8-10-16-11-9-15/h2-4,6H,5,7-11H2,1H3. The summed E-state index contributed by atoms with van der Waals surface area (Å²) in [6.07, 6.45) is 1.91. The van der Waals surface area contributed by atoms with E-state index >= 15 is 0 Å². The predicted octanol–water partition coefficient (Wildman–Crippen LogP) is 0.745. The summed E-state index contributed by atoms with van der Waals surface area (Å²) in [5.41, 5.74) is 2.40. The Morgan fingerprint density at radius 2 is 2.19 bits per heavy atom. The average Bonchev–Trinajstić information content (AvgIpc) is 2.38. The number of aromatic nitrogens is 1. The van der Waals surface area contributed by atoms with Crippen LogP contribution in [0.15, 0.2) is 24.4 Å². The average molecular weight is 282 g/mol. The Kier molecular flexibility index (Phi) is 4.83. The quantitative estimate of drug-likeness (QED) is 0.762. The monoisotopic (exact) mass is 282 g/mol. The topological polar surface area (TPSA) is 25.4 Å². The van der Waals surface area contributed by atoms with Crippen LogP contribution in [0, 0.1) is 0 Å². The van der Waals surface area contributed by atoms with Crippen LogP contribution in [-0.4, -0.2) is 57.4 Å². The van der Waals surface area contributed by atoms with Crippen molar-refractivity contribution in [3.63, 3.8) is 0 Å². The van der Waals surface area contributed by atoms with Gasteiger partial charge in [-0.1, -0.05) is 0 Å². The zero-order chi connectivity index (χ0) is 11.2. The number of ether oxygens (including phenoxy) is 1. The minimum atomic E-state index is -0.894. The molecule has 0 aromatic carbocycles. The molecule has 1 aliphatic rings. The normalized spacial score (nSPS) is 19.6. The van der Waals surface area contributed by atoms with Gasteiger partial charge in [-0.2, -0.15) is 0 Å². The second-order valence-corrected chi connectivity index (χ2v) is 8.89. The molecule has 2 rings (SSSR count). The third kappa shape index (κ3) is 3.58. The van der Waals surface area contributed by atoms with E-state index in [9.17, 15) is 0 Å². The Balaban J connectivity index is 1.77. The molecule has 1 aromatic heterocycles. The van der Waals surface area contributed by atoms with Gasteiger partial charge in [-0.15, -0.1) is 0 Å². The zero-order valence-corrected chi connectivity index (χ0v) is 11.7. The van der Waals surface area contributed by atoms with Crippen LogP contribution < -0.4 is 4.48 Å². The summed E-state index contributed by atoms with van der Waals surface area (Å²) in [4.78, 5) is 6.98. The summed E-state index contributed by atoms with van der Waals surface area (Å²) >= 11 is -0.894. The van der Waals surface area contributed by atoms with Crippen molar-refractivity contribution in [3.8, 4) is 0 Å². The Morgan fingerprint density at radius 1 is 1.38 bits per heavy atom. The van der Waals surface area contributed by atoms with Crippen LogP contribution in [0.4, 0.5) is 0 Å². The van der Waals surface area contributed by atoms with Crippen molar-refractivity contribution in [2.45, 2.75) is 10.9 Å². The Hall–Kier alpha value is -0.372. The molecule has 3 nitrogen and oxygen atoms in total. The van der Waals surface area contributed by atoms with E-state index in [2.05, 4.69) is 27.7 Å². The van der Waals surface area contributed by atoms with Crippen LogP contribution in [-0.2, 0) is 4.74 Å². The first-order valence-electron chi connectivity index (χ1n) is 5.78. The number of morpholine rings is 1. The molecule has 2 heterocycles. The molecule has 1 aliphatic heterocycles. The van der Waals surface area contributed by atoms with Crippen molar-refractivity contribution in [1.82, 2.24) is 9.88 Å². The fourth-order valence-corrected chi connectivity index (χ4v) is 4.78. The van der Waals surface area contributed by atoms with Crippen molar-refractivity contribution in [1.29, 1.82) is 0 Å². The third-order valence-electron chi connectivity index (χ3n) is 2.90. The van der Waals surface area contributed by atoms with Crippen molar-refractivity contribution in [2.75, 3.05) is 32.8 Å². The molecule has 1 fully saturated rings. The van der Waals surface area contributed by atoms with E-state index in [0.717, 1.165) is 26.3 Å². The number of hydrogen-bond acceptors (Lipinski definition) is 3. The number of pyridine rings is 1. The number of nitrogens with zero attached hydrogens (tertiary/aromatic N) is 2. The third-order valence-corrected chi connectivity index (χ3v) is 6.92. The first-order chi connectivity index (χ1) is 7.86.